The van der Waals surface area contributed by atoms with Gasteiger partial charge in [-0.2, -0.15) is 0 Å². The maximum atomic E-state index is 4.10. The third-order valence-corrected chi connectivity index (χ3v) is 14.8. The Morgan fingerprint density at radius 3 is 1.71 bits per heavy atom. The van der Waals surface area contributed by atoms with Crippen molar-refractivity contribution in [2.45, 2.75) is 99.3 Å². The highest BCUT2D eigenvalue weighted by atomic mass is 28.3. The predicted molar refractivity (Wildman–Crippen MR) is 158 cm³/mol. The van der Waals surface area contributed by atoms with E-state index in [0.29, 0.717) is 35.0 Å². The summed E-state index contributed by atoms with van der Waals surface area (Å²) in [6.07, 6.45) is 22.1. The van der Waals surface area contributed by atoms with E-state index in [4.69, 9.17) is 0 Å². The van der Waals surface area contributed by atoms with Crippen LogP contribution in [0.3, 0.4) is 0 Å². The van der Waals surface area contributed by atoms with Crippen LogP contribution in [0.15, 0.2) is 60.3 Å². The molecule has 0 heterocycles. The van der Waals surface area contributed by atoms with Crippen molar-refractivity contribution in [3.05, 3.63) is 60.3 Å². The lowest BCUT2D eigenvalue weighted by Crippen LogP contribution is -2.39. The highest BCUT2D eigenvalue weighted by Crippen LogP contribution is 2.63. The zero-order chi connectivity index (χ0) is 26.0. The van der Waals surface area contributed by atoms with Gasteiger partial charge in [0.25, 0.3) is 0 Å². The van der Waals surface area contributed by atoms with Crippen molar-refractivity contribution in [1.82, 2.24) is 0 Å². The monoisotopic (exact) mass is 490 g/mol. The van der Waals surface area contributed by atoms with Gasteiger partial charge in [0.05, 0.1) is 8.07 Å². The molecule has 35 heavy (non-hydrogen) atoms. The molecular formula is C34H54Si. The van der Waals surface area contributed by atoms with Crippen LogP contribution in [0.4, 0.5) is 0 Å². The molecule has 0 bridgehead atoms. The average molecular weight is 491 g/mol. The molecule has 0 saturated heterocycles. The van der Waals surface area contributed by atoms with E-state index in [9.17, 15) is 0 Å². The highest BCUT2D eigenvalue weighted by molar-refractivity contribution is 6.79. The molecule has 0 aliphatic heterocycles. The largest absolute Gasteiger partial charge is 0.103 e. The van der Waals surface area contributed by atoms with Crippen LogP contribution in [0.25, 0.3) is 0 Å². The number of fused-ring (bicyclic) bond motifs is 3. The van der Waals surface area contributed by atoms with Gasteiger partial charge < -0.3 is 0 Å². The Morgan fingerprint density at radius 2 is 1.29 bits per heavy atom. The van der Waals surface area contributed by atoms with Crippen LogP contribution in [0.1, 0.15) is 74.7 Å². The summed E-state index contributed by atoms with van der Waals surface area (Å²) in [6, 6.07) is 1.27. The van der Waals surface area contributed by atoms with E-state index >= 15 is 0 Å². The zero-order valence-electron chi connectivity index (χ0n) is 24.6. The summed E-state index contributed by atoms with van der Waals surface area (Å²) < 4.78 is 0. The predicted octanol–water partition coefficient (Wildman–Crippen LogP) is 10.3. The molecule has 4 rings (SSSR count). The molecule has 0 aromatic heterocycles. The summed E-state index contributed by atoms with van der Waals surface area (Å²) >= 11 is 0. The van der Waals surface area contributed by atoms with E-state index in [1.165, 1.54) is 25.3 Å². The molecule has 4 aliphatic carbocycles. The van der Waals surface area contributed by atoms with Crippen molar-refractivity contribution in [2.24, 2.45) is 51.8 Å². The van der Waals surface area contributed by atoms with E-state index in [2.05, 4.69) is 118 Å². The topological polar surface area (TPSA) is 0 Å². The van der Waals surface area contributed by atoms with Gasteiger partial charge in [0, 0.05) is 0 Å². The summed E-state index contributed by atoms with van der Waals surface area (Å²) in [5.74, 6) is 4.13. The fourth-order valence-electron chi connectivity index (χ4n) is 8.32. The molecule has 0 aromatic rings. The summed E-state index contributed by atoms with van der Waals surface area (Å²) in [6.45, 7) is 29.0. The van der Waals surface area contributed by atoms with Crippen LogP contribution >= 0.6 is 0 Å². The minimum Gasteiger partial charge on any atom is -0.103 e. The average Bonchev–Trinajstić information content (AvgIpc) is 3.36. The van der Waals surface area contributed by atoms with E-state index < -0.39 is 8.07 Å². The lowest BCUT2D eigenvalue weighted by molar-refractivity contribution is 0.0740. The molecule has 1 heteroatoms. The van der Waals surface area contributed by atoms with Gasteiger partial charge in [-0.25, -0.2) is 0 Å². The molecule has 0 radical (unpaired) electrons. The number of rotatable bonds is 5. The molecule has 0 spiro atoms. The van der Waals surface area contributed by atoms with E-state index in [0.717, 1.165) is 11.5 Å². The SMILES string of the molecule is C=CC[Si](C)(C)C1CCC(C(C)(C)C2C3C=C(C(C)(C)C)C=CC3C3C=CC(C(C)(C)C)=CC32)C1. The van der Waals surface area contributed by atoms with Gasteiger partial charge in [0.15, 0.2) is 0 Å². The quantitative estimate of drug-likeness (QED) is 0.265. The minimum atomic E-state index is -1.24. The maximum Gasteiger partial charge on any atom is 0.0542 e. The second-order valence-corrected chi connectivity index (χ2v) is 21.0. The highest BCUT2D eigenvalue weighted by Gasteiger charge is 2.57. The van der Waals surface area contributed by atoms with Crippen molar-refractivity contribution >= 4 is 8.07 Å². The maximum absolute atomic E-state index is 4.10. The molecular weight excluding hydrogens is 436 g/mol. The molecule has 2 saturated carbocycles. The van der Waals surface area contributed by atoms with Crippen LogP contribution in [-0.2, 0) is 0 Å². The van der Waals surface area contributed by atoms with Crippen molar-refractivity contribution in [1.29, 1.82) is 0 Å². The van der Waals surface area contributed by atoms with Crippen molar-refractivity contribution in [3.63, 3.8) is 0 Å². The van der Waals surface area contributed by atoms with E-state index in [1.807, 2.05) is 0 Å². The van der Waals surface area contributed by atoms with Crippen molar-refractivity contribution in [2.75, 3.05) is 0 Å². The lowest BCUT2D eigenvalue weighted by atomic mass is 9.60. The molecule has 6 atom stereocenters. The van der Waals surface area contributed by atoms with Crippen LogP contribution in [0.5, 0.6) is 0 Å². The Bertz CT molecular complexity index is 886. The molecule has 0 nitrogen and oxygen atoms in total. The normalized spacial score (nSPS) is 35.4. The molecule has 6 unspecified atom stereocenters. The summed E-state index contributed by atoms with van der Waals surface area (Å²) in [5.41, 5.74) is 4.81. The standard InChI is InChI=1S/C34H54Si/c1-12-19-35(10,11)26-16-13-25(20-26)34(8,9)31-29-21-23(32(2,3)4)14-17-27(29)28-18-15-24(22-30(28)31)33(5,6)7/h12,14-15,17-18,21-22,25-31H,1,13,16,19-20H2,2-11H3. The third kappa shape index (κ3) is 4.93. The van der Waals surface area contributed by atoms with Gasteiger partial charge in [0.2, 0.25) is 0 Å². The summed E-state index contributed by atoms with van der Waals surface area (Å²) in [5, 5.41) is 0. The molecule has 0 amide bonds. The van der Waals surface area contributed by atoms with Gasteiger partial charge in [-0.1, -0.05) is 117 Å². The number of allylic oxidation sites excluding steroid dienone is 9. The first kappa shape index (κ1) is 27.0. The molecule has 2 fully saturated rings. The minimum absolute atomic E-state index is 0.213. The molecule has 4 aliphatic rings. The van der Waals surface area contributed by atoms with Crippen LogP contribution in [0, 0.1) is 51.8 Å². The third-order valence-electron chi connectivity index (χ3n) is 10.8. The summed E-state index contributed by atoms with van der Waals surface area (Å²) in [7, 11) is -1.24. The Balaban J connectivity index is 1.73. The molecule has 0 N–H and O–H groups in total. The second-order valence-electron chi connectivity index (χ2n) is 15.8. The first-order valence-corrected chi connectivity index (χ1v) is 17.8. The van der Waals surface area contributed by atoms with E-state index in [1.54, 1.807) is 11.1 Å². The van der Waals surface area contributed by atoms with Crippen LogP contribution < -0.4 is 0 Å². The van der Waals surface area contributed by atoms with Gasteiger partial charge in [-0.15, -0.1) is 6.58 Å². The van der Waals surface area contributed by atoms with Gasteiger partial charge >= 0.3 is 0 Å². The molecule has 194 valence electrons. The Kier molecular flexibility index (Phi) is 6.96. The fraction of sp³-hybridized carbons (Fsp3) is 0.706. The Morgan fingerprint density at radius 1 is 0.800 bits per heavy atom. The van der Waals surface area contributed by atoms with Crippen molar-refractivity contribution in [3.8, 4) is 0 Å². The van der Waals surface area contributed by atoms with Gasteiger partial charge in [-0.3, -0.25) is 0 Å². The smallest absolute Gasteiger partial charge is 0.0542 e. The zero-order valence-corrected chi connectivity index (χ0v) is 25.6. The first-order chi connectivity index (χ1) is 16.1. The number of hydrogen-bond donors (Lipinski definition) is 0. The lowest BCUT2D eigenvalue weighted by Gasteiger charge is -2.45. The second kappa shape index (κ2) is 9.04. The Labute approximate surface area is 219 Å². The van der Waals surface area contributed by atoms with E-state index in [-0.39, 0.29) is 10.8 Å². The van der Waals surface area contributed by atoms with Gasteiger partial charge in [-0.05, 0) is 87.3 Å². The summed E-state index contributed by atoms with van der Waals surface area (Å²) in [4.78, 5) is 0. The van der Waals surface area contributed by atoms with Crippen molar-refractivity contribution < 1.29 is 0 Å². The number of hydrogen-bond acceptors (Lipinski definition) is 0. The fourth-order valence-corrected chi connectivity index (χ4v) is 11.3. The van der Waals surface area contributed by atoms with Crippen LogP contribution in [-0.4, -0.2) is 8.07 Å². The Hall–Kier alpha value is -1.08. The molecule has 0 aromatic carbocycles. The van der Waals surface area contributed by atoms with Crippen LogP contribution in [0.2, 0.25) is 24.7 Å². The van der Waals surface area contributed by atoms with Gasteiger partial charge in [0.1, 0.15) is 0 Å². The first-order valence-electron chi connectivity index (χ1n) is 14.5.